The molecule has 0 bridgehead atoms. The summed E-state index contributed by atoms with van der Waals surface area (Å²) in [5.74, 6) is -1.38. The molecule has 2 amide bonds. The molecular weight excluding hydrogens is 332 g/mol. The van der Waals surface area contributed by atoms with E-state index in [4.69, 9.17) is 0 Å². The van der Waals surface area contributed by atoms with Gasteiger partial charge in [0.2, 0.25) is 0 Å². The van der Waals surface area contributed by atoms with Gasteiger partial charge in [-0.3, -0.25) is 29.5 Å². The molecule has 0 aliphatic rings. The van der Waals surface area contributed by atoms with Gasteiger partial charge in [0, 0.05) is 37.9 Å². The molecule has 134 valence electrons. The minimum Gasteiger partial charge on any atom is -0.346 e. The van der Waals surface area contributed by atoms with Crippen LogP contribution in [0.25, 0.3) is 0 Å². The molecule has 26 heavy (non-hydrogen) atoms. The lowest BCUT2D eigenvalue weighted by Gasteiger charge is -2.04. The second kappa shape index (κ2) is 11.2. The molecule has 0 spiro atoms. The van der Waals surface area contributed by atoms with Gasteiger partial charge in [0.05, 0.1) is 24.5 Å². The summed E-state index contributed by atoms with van der Waals surface area (Å²) in [4.78, 5) is 39.7. The Bertz CT molecular complexity index is 681. The highest BCUT2D eigenvalue weighted by Crippen LogP contribution is 1.89. The van der Waals surface area contributed by atoms with Crippen LogP contribution < -0.4 is 10.6 Å². The van der Waals surface area contributed by atoms with E-state index < -0.39 is 11.8 Å². The first-order valence-electron chi connectivity index (χ1n) is 8.13. The van der Waals surface area contributed by atoms with Crippen LogP contribution in [0.5, 0.6) is 0 Å². The Morgan fingerprint density at radius 3 is 1.65 bits per heavy atom. The number of aliphatic imine (C=N–C) groups is 2. The molecule has 2 aromatic rings. The first-order valence-corrected chi connectivity index (χ1v) is 8.13. The van der Waals surface area contributed by atoms with E-state index in [9.17, 15) is 9.59 Å². The summed E-state index contributed by atoms with van der Waals surface area (Å²) >= 11 is 0. The van der Waals surface area contributed by atoms with Crippen LogP contribution in [0.4, 0.5) is 0 Å². The van der Waals surface area contributed by atoms with E-state index in [0.29, 0.717) is 13.1 Å². The molecule has 2 N–H and O–H groups in total. The monoisotopic (exact) mass is 352 g/mol. The molecule has 0 aromatic carbocycles. The molecule has 2 aromatic heterocycles. The minimum atomic E-state index is -0.688. The van der Waals surface area contributed by atoms with Crippen molar-refractivity contribution in [3.63, 3.8) is 0 Å². The minimum absolute atomic E-state index is 0.271. The Hall–Kier alpha value is -3.42. The van der Waals surface area contributed by atoms with E-state index in [0.717, 1.165) is 11.4 Å². The first-order chi connectivity index (χ1) is 12.8. The van der Waals surface area contributed by atoms with Gasteiger partial charge in [-0.15, -0.1) is 0 Å². The average molecular weight is 352 g/mol. The van der Waals surface area contributed by atoms with Gasteiger partial charge in [0.15, 0.2) is 0 Å². The Morgan fingerprint density at radius 2 is 1.27 bits per heavy atom. The van der Waals surface area contributed by atoms with Crippen molar-refractivity contribution in [3.8, 4) is 0 Å². The number of hydrogen-bond acceptors (Lipinski definition) is 6. The van der Waals surface area contributed by atoms with Crippen molar-refractivity contribution >= 4 is 24.2 Å². The maximum Gasteiger partial charge on any atom is 0.309 e. The number of nitrogens with zero attached hydrogens (tertiary/aromatic N) is 4. The zero-order valence-electron chi connectivity index (χ0n) is 14.2. The summed E-state index contributed by atoms with van der Waals surface area (Å²) in [6.45, 7) is 1.27. The highest BCUT2D eigenvalue weighted by atomic mass is 16.2. The van der Waals surface area contributed by atoms with Crippen LogP contribution in [0.2, 0.25) is 0 Å². The van der Waals surface area contributed by atoms with Crippen LogP contribution in [0.3, 0.4) is 0 Å². The van der Waals surface area contributed by atoms with Crippen LogP contribution in [0.15, 0.2) is 58.8 Å². The van der Waals surface area contributed by atoms with E-state index in [-0.39, 0.29) is 13.1 Å². The maximum atomic E-state index is 11.6. The van der Waals surface area contributed by atoms with E-state index in [1.165, 1.54) is 0 Å². The van der Waals surface area contributed by atoms with Crippen molar-refractivity contribution in [1.29, 1.82) is 0 Å². The lowest BCUT2D eigenvalue weighted by Crippen LogP contribution is -2.41. The van der Waals surface area contributed by atoms with Crippen molar-refractivity contribution in [2.45, 2.75) is 0 Å². The number of pyridine rings is 2. The number of amides is 2. The summed E-state index contributed by atoms with van der Waals surface area (Å²) < 4.78 is 0. The number of aromatic nitrogens is 2. The van der Waals surface area contributed by atoms with Crippen molar-refractivity contribution < 1.29 is 9.59 Å². The fourth-order valence-electron chi connectivity index (χ4n) is 1.85. The van der Waals surface area contributed by atoms with Gasteiger partial charge >= 0.3 is 11.8 Å². The van der Waals surface area contributed by atoms with Crippen molar-refractivity contribution in [2.24, 2.45) is 9.98 Å². The fraction of sp³-hybridized carbons (Fsp3) is 0.222. The van der Waals surface area contributed by atoms with Crippen LogP contribution >= 0.6 is 0 Å². The van der Waals surface area contributed by atoms with Gasteiger partial charge in [-0.25, -0.2) is 0 Å². The highest BCUT2D eigenvalue weighted by Gasteiger charge is 2.10. The normalized spacial score (nSPS) is 10.9. The second-order valence-corrected chi connectivity index (χ2v) is 5.09. The molecule has 0 radical (unpaired) electrons. The maximum absolute atomic E-state index is 11.6. The second-order valence-electron chi connectivity index (χ2n) is 5.09. The summed E-state index contributed by atoms with van der Waals surface area (Å²) in [6.07, 6.45) is 6.58. The molecule has 0 saturated carbocycles. The first kappa shape index (κ1) is 18.9. The van der Waals surface area contributed by atoms with Gasteiger partial charge in [0.1, 0.15) is 0 Å². The Morgan fingerprint density at radius 1 is 0.808 bits per heavy atom. The van der Waals surface area contributed by atoms with Crippen molar-refractivity contribution in [3.05, 3.63) is 60.2 Å². The summed E-state index contributed by atoms with van der Waals surface area (Å²) in [5.41, 5.74) is 1.48. The van der Waals surface area contributed by atoms with Gasteiger partial charge in [-0.2, -0.15) is 0 Å². The summed E-state index contributed by atoms with van der Waals surface area (Å²) in [5, 5.41) is 5.00. The Balaban J connectivity index is 1.57. The van der Waals surface area contributed by atoms with E-state index in [2.05, 4.69) is 30.6 Å². The topological polar surface area (TPSA) is 109 Å². The summed E-state index contributed by atoms with van der Waals surface area (Å²) in [7, 11) is 0. The molecule has 8 heteroatoms. The fourth-order valence-corrected chi connectivity index (χ4v) is 1.85. The largest absolute Gasteiger partial charge is 0.346 e. The molecule has 0 atom stereocenters. The summed E-state index contributed by atoms with van der Waals surface area (Å²) in [6, 6.07) is 11.0. The standard InChI is InChI=1S/C18H20N6O2/c25-17(23-11-9-19-13-15-5-1-3-7-21-15)18(26)24-12-10-20-14-16-6-2-4-8-22-16/h1-8,13-14H,9-12H2,(H,23,25)(H,24,26). The predicted molar refractivity (Wildman–Crippen MR) is 99.4 cm³/mol. The predicted octanol–water partition coefficient (Wildman–Crippen LogP) is 0.247. The third-order valence-electron chi connectivity index (χ3n) is 3.08. The lowest BCUT2D eigenvalue weighted by molar-refractivity contribution is -0.139. The van der Waals surface area contributed by atoms with E-state index >= 15 is 0 Å². The number of carbonyl (C=O) groups is 2. The molecular formula is C18H20N6O2. The molecule has 0 aliphatic heterocycles. The Labute approximate surface area is 151 Å². The third kappa shape index (κ3) is 7.43. The van der Waals surface area contributed by atoms with E-state index in [1.54, 1.807) is 24.8 Å². The Kier molecular flexibility index (Phi) is 8.14. The zero-order chi connectivity index (χ0) is 18.5. The molecule has 0 fully saturated rings. The molecule has 2 rings (SSSR count). The van der Waals surface area contributed by atoms with Crippen molar-refractivity contribution in [1.82, 2.24) is 20.6 Å². The van der Waals surface area contributed by atoms with Gasteiger partial charge < -0.3 is 10.6 Å². The number of rotatable bonds is 8. The van der Waals surface area contributed by atoms with Crippen LogP contribution in [0.1, 0.15) is 11.4 Å². The van der Waals surface area contributed by atoms with Gasteiger partial charge in [0.25, 0.3) is 0 Å². The quantitative estimate of drug-likeness (QED) is 0.403. The van der Waals surface area contributed by atoms with Crippen LogP contribution in [-0.4, -0.2) is 60.4 Å². The highest BCUT2D eigenvalue weighted by molar-refractivity contribution is 6.35. The number of hydrogen-bond donors (Lipinski definition) is 2. The smallest absolute Gasteiger partial charge is 0.309 e. The molecule has 2 heterocycles. The van der Waals surface area contributed by atoms with Crippen molar-refractivity contribution in [2.75, 3.05) is 26.2 Å². The van der Waals surface area contributed by atoms with Gasteiger partial charge in [-0.05, 0) is 24.3 Å². The molecule has 0 aliphatic carbocycles. The third-order valence-corrected chi connectivity index (χ3v) is 3.08. The van der Waals surface area contributed by atoms with Crippen LogP contribution in [0, 0.1) is 0 Å². The zero-order valence-corrected chi connectivity index (χ0v) is 14.2. The van der Waals surface area contributed by atoms with E-state index in [1.807, 2.05) is 36.4 Å². The number of nitrogens with one attached hydrogen (secondary N) is 2. The SMILES string of the molecule is O=C(NCCN=Cc1ccccn1)C(=O)NCCN=Cc1ccccn1. The average Bonchev–Trinajstić information content (AvgIpc) is 2.68. The number of carbonyl (C=O) groups excluding carboxylic acids is 2. The van der Waals surface area contributed by atoms with Gasteiger partial charge in [-0.1, -0.05) is 12.1 Å². The lowest BCUT2D eigenvalue weighted by atomic mass is 10.4. The molecule has 0 saturated heterocycles. The molecule has 0 unspecified atom stereocenters. The molecule has 8 nitrogen and oxygen atoms in total. The van der Waals surface area contributed by atoms with Crippen LogP contribution in [-0.2, 0) is 9.59 Å².